The summed E-state index contributed by atoms with van der Waals surface area (Å²) in [7, 11) is 0.186. The van der Waals surface area contributed by atoms with E-state index in [1.165, 1.54) is 13.0 Å². The van der Waals surface area contributed by atoms with Crippen molar-refractivity contribution in [3.8, 4) is 0 Å². The first kappa shape index (κ1) is 15.9. The number of ether oxygens (including phenoxy) is 1. The normalized spacial score (nSPS) is 14.1. The topological polar surface area (TPSA) is 43.4 Å². The molecule has 0 aliphatic heterocycles. The van der Waals surface area contributed by atoms with Gasteiger partial charge in [0.2, 0.25) is 0 Å². The van der Waals surface area contributed by atoms with Crippen LogP contribution < -0.4 is 0 Å². The van der Waals surface area contributed by atoms with Gasteiger partial charge in [-0.3, -0.25) is 9.00 Å². The lowest BCUT2D eigenvalue weighted by atomic mass is 10.1. The van der Waals surface area contributed by atoms with Crippen LogP contribution in [0.3, 0.4) is 0 Å². The third-order valence-electron chi connectivity index (χ3n) is 2.66. The molecule has 1 rings (SSSR count). The van der Waals surface area contributed by atoms with Gasteiger partial charge in [-0.15, -0.1) is 0 Å². The van der Waals surface area contributed by atoms with Crippen LogP contribution in [-0.4, -0.2) is 34.7 Å². The summed E-state index contributed by atoms with van der Waals surface area (Å²) in [5.41, 5.74) is 0.0338. The summed E-state index contributed by atoms with van der Waals surface area (Å²) in [6.45, 7) is 1.99. The van der Waals surface area contributed by atoms with Crippen LogP contribution in [-0.2, 0) is 15.5 Å². The summed E-state index contributed by atoms with van der Waals surface area (Å²) in [6, 6.07) is 2.92. The number of ketones is 1. The number of halogens is 2. The minimum absolute atomic E-state index is 0.0338. The Bertz CT molecular complexity index is 477. The molecule has 2 atom stereocenters. The van der Waals surface area contributed by atoms with Crippen LogP contribution >= 0.6 is 0 Å². The molecule has 106 valence electrons. The van der Waals surface area contributed by atoms with Crippen LogP contribution in [0.25, 0.3) is 0 Å². The summed E-state index contributed by atoms with van der Waals surface area (Å²) in [6.07, 6.45) is 0.582. The Balaban J connectivity index is 2.70. The zero-order valence-corrected chi connectivity index (χ0v) is 11.6. The van der Waals surface area contributed by atoms with Crippen molar-refractivity contribution < 1.29 is 22.5 Å². The minimum atomic E-state index is -1.35. The van der Waals surface area contributed by atoms with E-state index < -0.39 is 33.5 Å². The van der Waals surface area contributed by atoms with Gasteiger partial charge in [0, 0.05) is 35.8 Å². The van der Waals surface area contributed by atoms with Crippen molar-refractivity contribution in [2.24, 2.45) is 0 Å². The average molecular weight is 290 g/mol. The van der Waals surface area contributed by atoms with E-state index in [0.717, 1.165) is 12.1 Å². The summed E-state index contributed by atoms with van der Waals surface area (Å²) in [5, 5.41) is -0.748. The van der Waals surface area contributed by atoms with E-state index in [1.54, 1.807) is 7.11 Å². The van der Waals surface area contributed by atoms with E-state index in [-0.39, 0.29) is 5.56 Å². The third kappa shape index (κ3) is 4.47. The average Bonchev–Trinajstić information content (AvgIpc) is 2.40. The predicted octanol–water partition coefficient (Wildman–Crippen LogP) is 2.32. The quantitative estimate of drug-likeness (QED) is 0.572. The second-order valence-electron chi connectivity index (χ2n) is 4.07. The summed E-state index contributed by atoms with van der Waals surface area (Å²) < 4.78 is 42.5. The molecule has 1 aromatic rings. The molecule has 0 heterocycles. The summed E-state index contributed by atoms with van der Waals surface area (Å²) in [4.78, 5) is 12.0. The van der Waals surface area contributed by atoms with Crippen molar-refractivity contribution in [3.63, 3.8) is 0 Å². The maximum Gasteiger partial charge on any atom is 0.178 e. The van der Waals surface area contributed by atoms with Crippen LogP contribution in [0, 0.1) is 11.6 Å². The van der Waals surface area contributed by atoms with Gasteiger partial charge in [0.15, 0.2) is 17.4 Å². The molecule has 1 aromatic carbocycles. The molecule has 0 aromatic heterocycles. The van der Waals surface area contributed by atoms with Gasteiger partial charge in [0.1, 0.15) is 0 Å². The van der Waals surface area contributed by atoms with Crippen molar-refractivity contribution in [2.75, 3.05) is 19.5 Å². The molecule has 0 saturated heterocycles. The summed E-state index contributed by atoms with van der Waals surface area (Å²) in [5.74, 6) is -2.20. The SMILES string of the molecule is COCCCS(=O)C(C)C(=O)c1ccc(F)c(F)c1. The number of Topliss-reactive ketones (excluding diaryl/α,β-unsaturated/α-hetero) is 1. The fourth-order valence-corrected chi connectivity index (χ4v) is 2.66. The molecular formula is C13H16F2O3S. The van der Waals surface area contributed by atoms with Gasteiger partial charge in [0.25, 0.3) is 0 Å². The Morgan fingerprint density at radius 1 is 1.37 bits per heavy atom. The first-order valence-electron chi connectivity index (χ1n) is 5.82. The molecule has 0 aliphatic carbocycles. The molecule has 0 amide bonds. The molecule has 6 heteroatoms. The zero-order chi connectivity index (χ0) is 14.4. The maximum absolute atomic E-state index is 13.0. The van der Waals surface area contributed by atoms with Crippen LogP contribution in [0.4, 0.5) is 8.78 Å². The monoisotopic (exact) mass is 290 g/mol. The van der Waals surface area contributed by atoms with Crippen molar-refractivity contribution in [1.82, 2.24) is 0 Å². The van der Waals surface area contributed by atoms with E-state index in [0.29, 0.717) is 18.8 Å². The first-order valence-corrected chi connectivity index (χ1v) is 7.21. The highest BCUT2D eigenvalue weighted by molar-refractivity contribution is 7.86. The molecule has 19 heavy (non-hydrogen) atoms. The van der Waals surface area contributed by atoms with E-state index in [2.05, 4.69) is 0 Å². The number of rotatable bonds is 7. The zero-order valence-electron chi connectivity index (χ0n) is 10.8. The number of hydrogen-bond donors (Lipinski definition) is 0. The van der Waals surface area contributed by atoms with Crippen molar-refractivity contribution in [1.29, 1.82) is 0 Å². The second-order valence-corrected chi connectivity index (χ2v) is 5.94. The Labute approximate surface area is 113 Å². The molecule has 0 fully saturated rings. The Kier molecular flexibility index (Phi) is 6.24. The predicted molar refractivity (Wildman–Crippen MR) is 69.7 cm³/mol. The number of benzene rings is 1. The molecule has 0 bridgehead atoms. The van der Waals surface area contributed by atoms with Crippen LogP contribution in [0.2, 0.25) is 0 Å². The molecular weight excluding hydrogens is 274 g/mol. The van der Waals surface area contributed by atoms with Gasteiger partial charge < -0.3 is 4.74 Å². The highest BCUT2D eigenvalue weighted by atomic mass is 32.2. The Hall–Kier alpha value is -1.14. The van der Waals surface area contributed by atoms with Gasteiger partial charge in [-0.1, -0.05) is 0 Å². The van der Waals surface area contributed by atoms with Gasteiger partial charge in [-0.25, -0.2) is 8.78 Å². The number of methoxy groups -OCH3 is 1. The lowest BCUT2D eigenvalue weighted by molar-refractivity contribution is 0.0992. The Morgan fingerprint density at radius 2 is 2.05 bits per heavy atom. The molecule has 0 spiro atoms. The standard InChI is InChI=1S/C13H16F2O3S/c1-9(19(17)7-3-6-18-2)13(16)10-4-5-11(14)12(15)8-10/h4-5,8-9H,3,6-7H2,1-2H3. The molecule has 3 nitrogen and oxygen atoms in total. The van der Waals surface area contributed by atoms with E-state index in [9.17, 15) is 17.8 Å². The van der Waals surface area contributed by atoms with E-state index in [1.807, 2.05) is 0 Å². The van der Waals surface area contributed by atoms with Crippen LogP contribution in [0.1, 0.15) is 23.7 Å². The number of carbonyl (C=O) groups is 1. The van der Waals surface area contributed by atoms with Crippen LogP contribution in [0.5, 0.6) is 0 Å². The smallest absolute Gasteiger partial charge is 0.178 e. The highest BCUT2D eigenvalue weighted by Gasteiger charge is 2.22. The van der Waals surface area contributed by atoms with Crippen LogP contribution in [0.15, 0.2) is 18.2 Å². The molecule has 0 aliphatic rings. The van der Waals surface area contributed by atoms with Crippen molar-refractivity contribution >= 4 is 16.6 Å². The first-order chi connectivity index (χ1) is 8.97. The lowest BCUT2D eigenvalue weighted by Crippen LogP contribution is -2.25. The minimum Gasteiger partial charge on any atom is -0.385 e. The Morgan fingerprint density at radius 3 is 2.63 bits per heavy atom. The molecule has 2 unspecified atom stereocenters. The van der Waals surface area contributed by atoms with Gasteiger partial charge in [0.05, 0.1) is 5.25 Å². The van der Waals surface area contributed by atoms with Crippen molar-refractivity contribution in [3.05, 3.63) is 35.4 Å². The fourth-order valence-electron chi connectivity index (χ4n) is 1.53. The van der Waals surface area contributed by atoms with Gasteiger partial charge in [-0.2, -0.15) is 0 Å². The molecule has 0 N–H and O–H groups in total. The summed E-state index contributed by atoms with van der Waals surface area (Å²) >= 11 is 0. The number of hydrogen-bond acceptors (Lipinski definition) is 3. The second kappa shape index (κ2) is 7.45. The fraction of sp³-hybridized carbons (Fsp3) is 0.462. The largest absolute Gasteiger partial charge is 0.385 e. The van der Waals surface area contributed by atoms with Crippen molar-refractivity contribution in [2.45, 2.75) is 18.6 Å². The maximum atomic E-state index is 13.0. The highest BCUT2D eigenvalue weighted by Crippen LogP contribution is 2.13. The van der Waals surface area contributed by atoms with E-state index >= 15 is 0 Å². The van der Waals surface area contributed by atoms with Gasteiger partial charge >= 0.3 is 0 Å². The lowest BCUT2D eigenvalue weighted by Gasteiger charge is -2.10. The third-order valence-corrected chi connectivity index (χ3v) is 4.36. The molecule has 0 radical (unpaired) electrons. The van der Waals surface area contributed by atoms with Gasteiger partial charge in [-0.05, 0) is 31.5 Å². The number of carbonyl (C=O) groups excluding carboxylic acids is 1. The molecule has 0 saturated carbocycles. The van der Waals surface area contributed by atoms with E-state index in [4.69, 9.17) is 4.74 Å².